The van der Waals surface area contributed by atoms with Gasteiger partial charge in [0.05, 0.1) is 50.5 Å². The Balaban J connectivity index is 1.22. The summed E-state index contributed by atoms with van der Waals surface area (Å²) in [5.74, 6) is 0. The van der Waals surface area contributed by atoms with Crippen LogP contribution < -0.4 is 0 Å². The van der Waals surface area contributed by atoms with Crippen LogP contribution in [0.3, 0.4) is 0 Å². The van der Waals surface area contributed by atoms with Crippen molar-refractivity contribution in [1.29, 1.82) is 15.8 Å². The highest BCUT2D eigenvalue weighted by molar-refractivity contribution is 6.16. The molecular formula is C48H29N5. The minimum absolute atomic E-state index is 0.208. The Morgan fingerprint density at radius 2 is 1.06 bits per heavy atom. The molecule has 2 aromatic heterocycles. The van der Waals surface area contributed by atoms with Crippen LogP contribution in [0.5, 0.6) is 0 Å². The highest BCUT2D eigenvalue weighted by Gasteiger charge is 2.37. The summed E-state index contributed by atoms with van der Waals surface area (Å²) in [7, 11) is 0. The lowest BCUT2D eigenvalue weighted by Gasteiger charge is -2.21. The SMILES string of the molecule is CC1(C)c2ccccc2-c2c1ccc1c3ccccc3n(-c3ccc(-c4ccc(-n5c6ccccc6c6ccccc65)cc4C#N)c(C#N)c3C#N)c21. The number of nitrogens with zero attached hydrogens (tertiary/aromatic N) is 5. The Labute approximate surface area is 306 Å². The molecule has 0 fully saturated rings. The molecule has 9 aromatic rings. The topological polar surface area (TPSA) is 81.2 Å². The zero-order chi connectivity index (χ0) is 36.0. The molecule has 2 heterocycles. The van der Waals surface area contributed by atoms with Crippen molar-refractivity contribution in [2.45, 2.75) is 19.3 Å². The van der Waals surface area contributed by atoms with Crippen molar-refractivity contribution in [3.05, 3.63) is 167 Å². The normalized spacial score (nSPS) is 12.8. The van der Waals surface area contributed by atoms with Gasteiger partial charge in [-0.25, -0.2) is 0 Å². The van der Waals surface area contributed by atoms with Gasteiger partial charge in [0.15, 0.2) is 0 Å². The van der Waals surface area contributed by atoms with Crippen molar-refractivity contribution < 1.29 is 0 Å². The van der Waals surface area contributed by atoms with E-state index in [1.807, 2.05) is 66.7 Å². The summed E-state index contributed by atoms with van der Waals surface area (Å²) < 4.78 is 4.34. The second-order valence-corrected chi connectivity index (χ2v) is 14.2. The van der Waals surface area contributed by atoms with E-state index in [2.05, 4.69) is 114 Å². The fourth-order valence-electron chi connectivity index (χ4n) is 8.92. The molecule has 0 radical (unpaired) electrons. The van der Waals surface area contributed by atoms with Crippen molar-refractivity contribution in [2.75, 3.05) is 0 Å². The van der Waals surface area contributed by atoms with Gasteiger partial charge in [0, 0.05) is 49.3 Å². The maximum Gasteiger partial charge on any atom is 0.103 e. The van der Waals surface area contributed by atoms with Gasteiger partial charge in [0.25, 0.3) is 0 Å². The summed E-state index contributed by atoms with van der Waals surface area (Å²) in [6.45, 7) is 4.53. The lowest BCUT2D eigenvalue weighted by atomic mass is 9.82. The van der Waals surface area contributed by atoms with E-state index in [4.69, 9.17) is 0 Å². The van der Waals surface area contributed by atoms with Crippen LogP contribution in [0.2, 0.25) is 0 Å². The van der Waals surface area contributed by atoms with E-state index in [-0.39, 0.29) is 16.5 Å². The van der Waals surface area contributed by atoms with E-state index in [0.29, 0.717) is 22.4 Å². The van der Waals surface area contributed by atoms with E-state index in [1.54, 1.807) is 0 Å². The molecule has 0 aliphatic heterocycles. The van der Waals surface area contributed by atoms with E-state index in [1.165, 1.54) is 16.7 Å². The highest BCUT2D eigenvalue weighted by Crippen LogP contribution is 2.53. The predicted molar refractivity (Wildman–Crippen MR) is 212 cm³/mol. The molecule has 246 valence electrons. The average molecular weight is 676 g/mol. The first kappa shape index (κ1) is 30.4. The Kier molecular flexibility index (Phi) is 6.35. The Morgan fingerprint density at radius 1 is 0.472 bits per heavy atom. The molecule has 5 heteroatoms. The smallest absolute Gasteiger partial charge is 0.103 e. The fourth-order valence-corrected chi connectivity index (χ4v) is 8.92. The number of aromatic nitrogens is 2. The fraction of sp³-hybridized carbons (Fsp3) is 0.0625. The number of nitriles is 3. The highest BCUT2D eigenvalue weighted by atomic mass is 15.0. The maximum absolute atomic E-state index is 10.9. The van der Waals surface area contributed by atoms with Crippen LogP contribution in [0, 0.1) is 34.0 Å². The van der Waals surface area contributed by atoms with Crippen molar-refractivity contribution in [1.82, 2.24) is 9.13 Å². The summed E-state index contributed by atoms with van der Waals surface area (Å²) in [6, 6.07) is 54.6. The molecule has 0 N–H and O–H groups in total. The minimum Gasteiger partial charge on any atom is -0.309 e. The zero-order valence-corrected chi connectivity index (χ0v) is 29.0. The second-order valence-electron chi connectivity index (χ2n) is 14.2. The number of para-hydroxylation sites is 3. The molecule has 5 nitrogen and oxygen atoms in total. The van der Waals surface area contributed by atoms with Crippen LogP contribution in [0.25, 0.3) is 77.2 Å². The number of hydrogen-bond donors (Lipinski definition) is 0. The average Bonchev–Trinajstić information content (AvgIpc) is 3.80. The van der Waals surface area contributed by atoms with Crippen LogP contribution in [-0.2, 0) is 5.41 Å². The number of hydrogen-bond acceptors (Lipinski definition) is 3. The summed E-state index contributed by atoms with van der Waals surface area (Å²) >= 11 is 0. The molecule has 0 saturated carbocycles. The van der Waals surface area contributed by atoms with Gasteiger partial charge in [0.2, 0.25) is 0 Å². The third-order valence-electron chi connectivity index (χ3n) is 11.3. The van der Waals surface area contributed by atoms with Gasteiger partial charge < -0.3 is 9.13 Å². The largest absolute Gasteiger partial charge is 0.309 e. The molecule has 0 bridgehead atoms. The van der Waals surface area contributed by atoms with Gasteiger partial charge in [0.1, 0.15) is 12.1 Å². The molecule has 10 rings (SSSR count). The molecule has 0 atom stereocenters. The number of benzene rings is 7. The summed E-state index contributed by atoms with van der Waals surface area (Å²) in [4.78, 5) is 0. The van der Waals surface area contributed by atoms with Gasteiger partial charge >= 0.3 is 0 Å². The minimum atomic E-state index is -0.208. The van der Waals surface area contributed by atoms with Crippen LogP contribution in [-0.4, -0.2) is 9.13 Å². The van der Waals surface area contributed by atoms with E-state index in [9.17, 15) is 15.8 Å². The third kappa shape index (κ3) is 4.04. The molecule has 1 aliphatic carbocycles. The summed E-state index contributed by atoms with van der Waals surface area (Å²) in [5, 5.41) is 36.7. The molecular weight excluding hydrogens is 647 g/mol. The molecule has 0 unspecified atom stereocenters. The van der Waals surface area contributed by atoms with Gasteiger partial charge in [-0.05, 0) is 53.1 Å². The molecule has 7 aromatic carbocycles. The molecule has 0 spiro atoms. The first-order valence-corrected chi connectivity index (χ1v) is 17.6. The first-order chi connectivity index (χ1) is 26.0. The van der Waals surface area contributed by atoms with E-state index < -0.39 is 0 Å². The summed E-state index contributed by atoms with van der Waals surface area (Å²) in [5.41, 5.74) is 12.3. The van der Waals surface area contributed by atoms with Gasteiger partial charge in [-0.15, -0.1) is 0 Å². The van der Waals surface area contributed by atoms with Crippen LogP contribution >= 0.6 is 0 Å². The number of fused-ring (bicyclic) bond motifs is 10. The van der Waals surface area contributed by atoms with Crippen molar-refractivity contribution in [2.24, 2.45) is 0 Å². The lowest BCUT2D eigenvalue weighted by Crippen LogP contribution is -2.14. The van der Waals surface area contributed by atoms with Crippen LogP contribution in [0.1, 0.15) is 41.7 Å². The summed E-state index contributed by atoms with van der Waals surface area (Å²) in [6.07, 6.45) is 0. The third-order valence-corrected chi connectivity index (χ3v) is 11.3. The monoisotopic (exact) mass is 675 g/mol. The lowest BCUT2D eigenvalue weighted by molar-refractivity contribution is 0.661. The molecule has 1 aliphatic rings. The quantitative estimate of drug-likeness (QED) is 0.187. The Morgan fingerprint density at radius 3 is 1.72 bits per heavy atom. The first-order valence-electron chi connectivity index (χ1n) is 17.6. The van der Waals surface area contributed by atoms with Gasteiger partial charge in [-0.3, -0.25) is 0 Å². The van der Waals surface area contributed by atoms with E-state index >= 15 is 0 Å². The van der Waals surface area contributed by atoms with Gasteiger partial charge in [-0.2, -0.15) is 15.8 Å². The molecule has 0 amide bonds. The number of rotatable bonds is 3. The Hall–Kier alpha value is -7.39. The van der Waals surface area contributed by atoms with Crippen molar-refractivity contribution >= 4 is 43.6 Å². The predicted octanol–water partition coefficient (Wildman–Crippen LogP) is 11.5. The maximum atomic E-state index is 10.9. The van der Waals surface area contributed by atoms with Crippen molar-refractivity contribution in [3.8, 4) is 51.8 Å². The molecule has 0 saturated heterocycles. The van der Waals surface area contributed by atoms with E-state index in [0.717, 1.165) is 54.9 Å². The standard InChI is InChI=1S/C48H29N5/c1-48(2)40-15-7-3-14-37(40)46-41(48)23-21-36-35-13-6-10-18-44(35)53(47(36)46)45-24-22-32(38(27-50)39(45)28-51)31-20-19-30(25-29(31)26-49)52-42-16-8-4-11-33(42)34-12-5-9-17-43(34)52/h3-25H,1-2H3. The van der Waals surface area contributed by atoms with Crippen molar-refractivity contribution in [3.63, 3.8) is 0 Å². The zero-order valence-electron chi connectivity index (χ0n) is 29.0. The Bertz CT molecular complexity index is 3130. The van der Waals surface area contributed by atoms with Crippen LogP contribution in [0.4, 0.5) is 0 Å². The second kappa shape index (κ2) is 11.1. The molecule has 53 heavy (non-hydrogen) atoms. The van der Waals surface area contributed by atoms with Crippen LogP contribution in [0.15, 0.2) is 140 Å². The van der Waals surface area contributed by atoms with Gasteiger partial charge in [-0.1, -0.05) is 117 Å².